The third-order valence-electron chi connectivity index (χ3n) is 8.74. The average molecular weight is 437 g/mol. The third kappa shape index (κ3) is 3.51. The van der Waals surface area contributed by atoms with Gasteiger partial charge in [0, 0.05) is 22.6 Å². The van der Waals surface area contributed by atoms with Gasteiger partial charge in [0.25, 0.3) is 0 Å². The van der Waals surface area contributed by atoms with Crippen LogP contribution in [-0.2, 0) is 20.4 Å². The minimum atomic E-state index is -1.12. The molecule has 6 unspecified atom stereocenters. The van der Waals surface area contributed by atoms with Gasteiger partial charge in [-0.15, -0.1) is 0 Å². The number of carbonyl (C=O) groups excluding carboxylic acids is 2. The molecular formula is C27H32O3S. The average Bonchev–Trinajstić information content (AvgIpc) is 3.05. The summed E-state index contributed by atoms with van der Waals surface area (Å²) in [6.45, 7) is 4.01. The number of fused-ring (bicyclic) bond motifs is 5. The summed E-state index contributed by atoms with van der Waals surface area (Å²) in [5.41, 5.74) is 3.43. The van der Waals surface area contributed by atoms with Crippen LogP contribution in [0.1, 0.15) is 58.8 Å². The normalized spacial score (nSPS) is 35.7. The van der Waals surface area contributed by atoms with Crippen LogP contribution < -0.4 is 0 Å². The van der Waals surface area contributed by atoms with Crippen LogP contribution in [0.15, 0.2) is 58.0 Å². The van der Waals surface area contributed by atoms with E-state index >= 15 is 0 Å². The lowest BCUT2D eigenvalue weighted by atomic mass is 9.51. The van der Waals surface area contributed by atoms with Crippen molar-refractivity contribution in [2.45, 2.75) is 63.7 Å². The van der Waals surface area contributed by atoms with E-state index in [0.29, 0.717) is 41.6 Å². The maximum absolute atomic E-state index is 13.1. The van der Waals surface area contributed by atoms with Gasteiger partial charge in [-0.25, -0.2) is 0 Å². The zero-order valence-corrected chi connectivity index (χ0v) is 19.4. The standard InChI is InChI=1S/C27H32O3S/c1-17(28)26-19(16-31(30)21-6-4-3-5-7-21)15-25-24-10-8-18-14-20(29)9-11-22(18)23(24)12-13-27(25,26)2/h3-7,14,22-25H,8-13,15-16H2,1-2H3. The summed E-state index contributed by atoms with van der Waals surface area (Å²) in [5, 5.41) is 0. The third-order valence-corrected chi connectivity index (χ3v) is 10.2. The summed E-state index contributed by atoms with van der Waals surface area (Å²) < 4.78 is 13.1. The lowest BCUT2D eigenvalue weighted by Gasteiger charge is -2.53. The van der Waals surface area contributed by atoms with E-state index in [0.717, 1.165) is 54.6 Å². The maximum Gasteiger partial charge on any atom is 0.156 e. The van der Waals surface area contributed by atoms with Gasteiger partial charge >= 0.3 is 0 Å². The zero-order chi connectivity index (χ0) is 21.8. The van der Waals surface area contributed by atoms with Crippen LogP contribution in [0.25, 0.3) is 0 Å². The number of hydrogen-bond acceptors (Lipinski definition) is 3. The van der Waals surface area contributed by atoms with E-state index in [1.54, 1.807) is 6.92 Å². The molecule has 1 aromatic rings. The highest BCUT2D eigenvalue weighted by Crippen LogP contribution is 2.63. The molecule has 5 rings (SSSR count). The molecule has 2 fully saturated rings. The largest absolute Gasteiger partial charge is 0.295 e. The molecule has 4 aliphatic rings. The summed E-state index contributed by atoms with van der Waals surface area (Å²) in [5.74, 6) is 3.22. The Morgan fingerprint density at radius 2 is 1.87 bits per heavy atom. The van der Waals surface area contributed by atoms with Gasteiger partial charge in [0.2, 0.25) is 0 Å². The molecule has 3 nitrogen and oxygen atoms in total. The summed E-state index contributed by atoms with van der Waals surface area (Å²) >= 11 is 0. The Kier molecular flexibility index (Phi) is 5.40. The highest BCUT2D eigenvalue weighted by atomic mass is 32.2. The van der Waals surface area contributed by atoms with Gasteiger partial charge in [-0.2, -0.15) is 0 Å². The topological polar surface area (TPSA) is 51.2 Å². The van der Waals surface area contributed by atoms with Crippen molar-refractivity contribution in [3.05, 3.63) is 53.1 Å². The Labute approximate surface area is 187 Å². The number of rotatable bonds is 4. The van der Waals surface area contributed by atoms with E-state index in [4.69, 9.17) is 0 Å². The van der Waals surface area contributed by atoms with Gasteiger partial charge < -0.3 is 0 Å². The van der Waals surface area contributed by atoms with Crippen molar-refractivity contribution in [1.82, 2.24) is 0 Å². The van der Waals surface area contributed by atoms with E-state index < -0.39 is 10.8 Å². The van der Waals surface area contributed by atoms with E-state index in [1.165, 1.54) is 5.57 Å². The molecule has 0 amide bonds. The van der Waals surface area contributed by atoms with E-state index in [2.05, 4.69) is 6.92 Å². The molecule has 2 saturated carbocycles. The predicted molar refractivity (Wildman–Crippen MR) is 123 cm³/mol. The smallest absolute Gasteiger partial charge is 0.156 e. The van der Waals surface area contributed by atoms with Crippen molar-refractivity contribution in [2.75, 3.05) is 5.75 Å². The fourth-order valence-corrected chi connectivity index (χ4v) is 8.76. The number of Topliss-reactive ketones (excluding diaryl/α,β-unsaturated/α-hetero) is 1. The van der Waals surface area contributed by atoms with Crippen LogP contribution in [0.4, 0.5) is 0 Å². The molecule has 31 heavy (non-hydrogen) atoms. The number of hydrogen-bond donors (Lipinski definition) is 0. The second kappa shape index (κ2) is 7.95. The number of benzene rings is 1. The monoisotopic (exact) mass is 436 g/mol. The quantitative estimate of drug-likeness (QED) is 0.632. The van der Waals surface area contributed by atoms with Crippen molar-refractivity contribution < 1.29 is 13.8 Å². The maximum atomic E-state index is 13.1. The number of allylic oxidation sites excluding steroid dienone is 3. The highest BCUT2D eigenvalue weighted by molar-refractivity contribution is 7.85. The fourth-order valence-electron chi connectivity index (χ4n) is 7.56. The Morgan fingerprint density at radius 1 is 1.10 bits per heavy atom. The molecule has 0 heterocycles. The molecule has 0 spiro atoms. The Balaban J connectivity index is 1.44. The van der Waals surface area contributed by atoms with Crippen LogP contribution in [0.2, 0.25) is 0 Å². The molecular weight excluding hydrogens is 404 g/mol. The summed E-state index contributed by atoms with van der Waals surface area (Å²) in [4.78, 5) is 25.6. The molecule has 0 bridgehead atoms. The summed E-state index contributed by atoms with van der Waals surface area (Å²) in [7, 11) is -1.12. The molecule has 0 aromatic heterocycles. The molecule has 0 saturated heterocycles. The fraction of sp³-hybridized carbons (Fsp3) is 0.556. The summed E-state index contributed by atoms with van der Waals surface area (Å²) in [6, 6.07) is 9.63. The van der Waals surface area contributed by atoms with Crippen molar-refractivity contribution in [3.63, 3.8) is 0 Å². The second-order valence-electron chi connectivity index (χ2n) is 10.3. The van der Waals surface area contributed by atoms with Gasteiger partial charge in [-0.05, 0) is 98.3 Å². The summed E-state index contributed by atoms with van der Waals surface area (Å²) in [6.07, 6.45) is 8.89. The Bertz CT molecular complexity index is 1000. The molecule has 0 aliphatic heterocycles. The molecule has 6 atom stereocenters. The molecule has 1 aromatic carbocycles. The SMILES string of the molecule is CC(=O)C1=C(CS(=O)c2ccccc2)CC2C3CCC4=CC(=O)CCC4C3CCC12C. The van der Waals surface area contributed by atoms with Crippen LogP contribution in [0.5, 0.6) is 0 Å². The van der Waals surface area contributed by atoms with Gasteiger partial charge in [0.1, 0.15) is 0 Å². The van der Waals surface area contributed by atoms with Crippen molar-refractivity contribution in [2.24, 2.45) is 29.1 Å². The second-order valence-corrected chi connectivity index (χ2v) is 11.8. The highest BCUT2D eigenvalue weighted by Gasteiger charge is 2.56. The Morgan fingerprint density at radius 3 is 2.61 bits per heavy atom. The zero-order valence-electron chi connectivity index (χ0n) is 18.6. The van der Waals surface area contributed by atoms with Crippen LogP contribution >= 0.6 is 0 Å². The lowest BCUT2D eigenvalue weighted by Crippen LogP contribution is -2.46. The number of carbonyl (C=O) groups is 2. The first kappa shape index (κ1) is 21.1. The minimum absolute atomic E-state index is 0.0884. The molecule has 4 heteroatoms. The van der Waals surface area contributed by atoms with Crippen LogP contribution in [-0.4, -0.2) is 21.5 Å². The molecule has 0 N–H and O–H groups in total. The molecule has 164 valence electrons. The Hall–Kier alpha value is -1.81. The van der Waals surface area contributed by atoms with Gasteiger partial charge in [-0.1, -0.05) is 30.7 Å². The van der Waals surface area contributed by atoms with Crippen molar-refractivity contribution in [1.29, 1.82) is 0 Å². The predicted octanol–water partition coefficient (Wildman–Crippen LogP) is 5.43. The number of ketones is 2. The molecule has 0 radical (unpaired) electrons. The minimum Gasteiger partial charge on any atom is -0.295 e. The first-order valence-electron chi connectivity index (χ1n) is 11.8. The first-order chi connectivity index (χ1) is 14.9. The lowest BCUT2D eigenvalue weighted by molar-refractivity contribution is -0.117. The van der Waals surface area contributed by atoms with Crippen LogP contribution in [0, 0.1) is 29.1 Å². The van der Waals surface area contributed by atoms with Gasteiger partial charge in [0.05, 0.1) is 10.8 Å². The first-order valence-corrected chi connectivity index (χ1v) is 13.1. The van der Waals surface area contributed by atoms with Gasteiger partial charge in [0.15, 0.2) is 11.6 Å². The van der Waals surface area contributed by atoms with Crippen LogP contribution in [0.3, 0.4) is 0 Å². The molecule has 4 aliphatic carbocycles. The van der Waals surface area contributed by atoms with E-state index in [1.807, 2.05) is 36.4 Å². The van der Waals surface area contributed by atoms with Gasteiger partial charge in [-0.3, -0.25) is 13.8 Å². The van der Waals surface area contributed by atoms with E-state index in [-0.39, 0.29) is 11.2 Å². The van der Waals surface area contributed by atoms with Crippen molar-refractivity contribution >= 4 is 22.4 Å². The van der Waals surface area contributed by atoms with E-state index in [9.17, 15) is 13.8 Å². The van der Waals surface area contributed by atoms with Crippen molar-refractivity contribution in [3.8, 4) is 0 Å².